The van der Waals surface area contributed by atoms with E-state index in [0.29, 0.717) is 0 Å². The van der Waals surface area contributed by atoms with Crippen molar-refractivity contribution in [1.29, 1.82) is 0 Å². The minimum atomic E-state index is -3.09. The van der Waals surface area contributed by atoms with Crippen molar-refractivity contribution in [2.45, 2.75) is 65.5 Å². The summed E-state index contributed by atoms with van der Waals surface area (Å²) in [5.74, 6) is 0. The topological polar surface area (TPSA) is 72.2 Å². The summed E-state index contributed by atoms with van der Waals surface area (Å²) in [6.45, 7) is 8.67. The van der Waals surface area contributed by atoms with E-state index in [1.165, 1.54) is 28.5 Å². The third kappa shape index (κ3) is 7.88. The zero-order valence-corrected chi connectivity index (χ0v) is 17.3. The fourth-order valence-corrected chi connectivity index (χ4v) is 3.51. The Bertz CT molecular complexity index is 576. The molecule has 0 spiro atoms. The summed E-state index contributed by atoms with van der Waals surface area (Å²) in [5, 5.41) is 0. The van der Waals surface area contributed by atoms with Gasteiger partial charge in [-0.05, 0) is 62.8 Å². The van der Waals surface area contributed by atoms with Crippen LogP contribution in [0.2, 0.25) is 0 Å². The molecule has 1 aliphatic carbocycles. The van der Waals surface area contributed by atoms with Crippen LogP contribution in [0.3, 0.4) is 0 Å². The number of rotatable bonds is 2. The first-order valence-electron chi connectivity index (χ1n) is 7.88. The number of sulfonamides is 1. The molecule has 3 N–H and O–H groups in total. The molecule has 4 nitrogen and oxygen atoms in total. The van der Waals surface area contributed by atoms with Crippen LogP contribution >= 0.6 is 0 Å². The minimum Gasteiger partial charge on any atom is -0.326 e. The van der Waals surface area contributed by atoms with Gasteiger partial charge < -0.3 is 5.73 Å². The van der Waals surface area contributed by atoms with Crippen LogP contribution in [0, 0.1) is 27.7 Å². The molecule has 0 unspecified atom stereocenters. The Balaban J connectivity index is 0.000000409. The van der Waals surface area contributed by atoms with E-state index >= 15 is 0 Å². The number of aryl methyl sites for hydroxylation is 2. The second kappa shape index (κ2) is 9.88. The molecular formula is C17H30N2O2RuS. The molecule has 6 heteroatoms. The van der Waals surface area contributed by atoms with Gasteiger partial charge in [0.2, 0.25) is 10.0 Å². The first-order chi connectivity index (χ1) is 10.1. The molecule has 0 amide bonds. The summed E-state index contributed by atoms with van der Waals surface area (Å²) in [7, 11) is -3.09. The predicted molar refractivity (Wildman–Crippen MR) is 93.6 cm³/mol. The molecule has 2 rings (SSSR count). The molecule has 1 aromatic carbocycles. The first-order valence-corrected chi connectivity index (χ1v) is 9.77. The molecule has 1 saturated carbocycles. The summed E-state index contributed by atoms with van der Waals surface area (Å²) in [5.41, 5.74) is 11.4. The van der Waals surface area contributed by atoms with Crippen LogP contribution in [0.5, 0.6) is 0 Å². The van der Waals surface area contributed by atoms with E-state index in [4.69, 9.17) is 5.73 Å². The molecule has 2 atom stereocenters. The Morgan fingerprint density at radius 2 is 1.43 bits per heavy atom. The standard InChI is InChI=1S/C10H14.C7H16N2O2S.Ru/c1-7-5-6-8(2)10(4)9(7)3;1-12(10,11)9-7-5-3-2-4-6(7)8;/h5-6H,1-4H3;6-7,9H,2-5,8H2,1H3;/t;6-,7-;/m.0./s1. The summed E-state index contributed by atoms with van der Waals surface area (Å²) >= 11 is 0. The first kappa shape index (κ1) is 22.7. The minimum absolute atomic E-state index is 0. The largest absolute Gasteiger partial charge is 0.326 e. The van der Waals surface area contributed by atoms with Gasteiger partial charge in [-0.15, -0.1) is 0 Å². The smallest absolute Gasteiger partial charge is 0.209 e. The van der Waals surface area contributed by atoms with E-state index in [1.807, 2.05) is 0 Å². The summed E-state index contributed by atoms with van der Waals surface area (Å²) < 4.78 is 24.3. The van der Waals surface area contributed by atoms with Gasteiger partial charge in [-0.2, -0.15) is 0 Å². The van der Waals surface area contributed by atoms with Crippen molar-refractivity contribution in [3.63, 3.8) is 0 Å². The van der Waals surface area contributed by atoms with Crippen LogP contribution in [-0.2, 0) is 29.5 Å². The number of nitrogens with two attached hydrogens (primary N) is 1. The zero-order valence-electron chi connectivity index (χ0n) is 14.8. The molecule has 23 heavy (non-hydrogen) atoms. The summed E-state index contributed by atoms with van der Waals surface area (Å²) in [4.78, 5) is 0. The van der Waals surface area contributed by atoms with E-state index in [9.17, 15) is 8.42 Å². The van der Waals surface area contributed by atoms with E-state index in [0.717, 1.165) is 25.7 Å². The molecule has 1 aromatic rings. The molecule has 0 aliphatic heterocycles. The van der Waals surface area contributed by atoms with Gasteiger partial charge in [0.15, 0.2) is 0 Å². The molecule has 0 radical (unpaired) electrons. The van der Waals surface area contributed by atoms with Crippen LogP contribution < -0.4 is 10.5 Å². The molecule has 0 saturated heterocycles. The number of benzene rings is 1. The van der Waals surface area contributed by atoms with Gasteiger partial charge in [-0.1, -0.05) is 25.0 Å². The van der Waals surface area contributed by atoms with Crippen molar-refractivity contribution in [2.75, 3.05) is 6.26 Å². The second-order valence-electron chi connectivity index (χ2n) is 6.39. The van der Waals surface area contributed by atoms with Gasteiger partial charge in [0.1, 0.15) is 0 Å². The monoisotopic (exact) mass is 428 g/mol. The predicted octanol–water partition coefficient (Wildman–Crippen LogP) is 2.72. The van der Waals surface area contributed by atoms with E-state index in [2.05, 4.69) is 44.5 Å². The van der Waals surface area contributed by atoms with Crippen molar-refractivity contribution in [2.24, 2.45) is 5.73 Å². The fraction of sp³-hybridized carbons (Fsp3) is 0.647. The van der Waals surface area contributed by atoms with Crippen molar-refractivity contribution in [3.8, 4) is 0 Å². The molecule has 0 heterocycles. The molecule has 134 valence electrons. The van der Waals surface area contributed by atoms with Crippen molar-refractivity contribution in [1.82, 2.24) is 4.72 Å². The fourth-order valence-electron chi connectivity index (χ4n) is 2.67. The van der Waals surface area contributed by atoms with Crippen molar-refractivity contribution >= 4 is 10.0 Å². The Labute approximate surface area is 154 Å². The Kier molecular flexibility index (Phi) is 9.75. The number of hydrogen-bond acceptors (Lipinski definition) is 3. The Morgan fingerprint density at radius 1 is 1.00 bits per heavy atom. The van der Waals surface area contributed by atoms with Crippen LogP contribution in [0.1, 0.15) is 47.9 Å². The zero-order chi connectivity index (χ0) is 16.9. The summed E-state index contributed by atoms with van der Waals surface area (Å²) in [6.07, 6.45) is 5.15. The number of hydrogen-bond donors (Lipinski definition) is 2. The van der Waals surface area contributed by atoms with Gasteiger partial charge in [-0.25, -0.2) is 13.1 Å². The van der Waals surface area contributed by atoms with E-state index in [-0.39, 0.29) is 31.6 Å². The van der Waals surface area contributed by atoms with Crippen LogP contribution in [0.4, 0.5) is 0 Å². The van der Waals surface area contributed by atoms with E-state index in [1.54, 1.807) is 0 Å². The van der Waals surface area contributed by atoms with E-state index < -0.39 is 10.0 Å². The molecule has 0 aromatic heterocycles. The quantitative estimate of drug-likeness (QED) is 0.713. The SMILES string of the molecule is CS(=O)(=O)N[C@H]1CCCC[C@@H]1N.Cc1ccc(C)c(C)c1C.[Ru]. The third-order valence-corrected chi connectivity index (χ3v) is 5.24. The normalized spacial score (nSPS) is 21.0. The van der Waals surface area contributed by atoms with Crippen LogP contribution in [0.25, 0.3) is 0 Å². The van der Waals surface area contributed by atoms with Gasteiger partial charge >= 0.3 is 0 Å². The van der Waals surface area contributed by atoms with Crippen LogP contribution in [-0.4, -0.2) is 26.8 Å². The Morgan fingerprint density at radius 3 is 1.83 bits per heavy atom. The van der Waals surface area contributed by atoms with Gasteiger partial charge in [0.05, 0.1) is 6.26 Å². The molecule has 1 fully saturated rings. The summed E-state index contributed by atoms with van der Waals surface area (Å²) in [6, 6.07) is 4.30. The molecule has 1 aliphatic rings. The third-order valence-electron chi connectivity index (χ3n) is 4.51. The van der Waals surface area contributed by atoms with Gasteiger partial charge in [-0.3, -0.25) is 0 Å². The maximum atomic E-state index is 10.9. The average molecular weight is 428 g/mol. The maximum Gasteiger partial charge on any atom is 0.209 e. The van der Waals surface area contributed by atoms with Gasteiger partial charge in [0, 0.05) is 31.6 Å². The average Bonchev–Trinajstić information content (AvgIpc) is 2.43. The van der Waals surface area contributed by atoms with Crippen LogP contribution in [0.15, 0.2) is 12.1 Å². The maximum absolute atomic E-state index is 10.9. The van der Waals surface area contributed by atoms with Crippen molar-refractivity contribution in [3.05, 3.63) is 34.4 Å². The Hall–Kier alpha value is -0.287. The van der Waals surface area contributed by atoms with Crippen molar-refractivity contribution < 1.29 is 27.9 Å². The van der Waals surface area contributed by atoms with Gasteiger partial charge in [0.25, 0.3) is 0 Å². The number of nitrogens with one attached hydrogen (secondary N) is 1. The molecular weight excluding hydrogens is 397 g/mol. The molecule has 0 bridgehead atoms. The second-order valence-corrected chi connectivity index (χ2v) is 8.17.